The summed E-state index contributed by atoms with van der Waals surface area (Å²) in [6, 6.07) is 10.4. The van der Waals surface area contributed by atoms with Crippen molar-refractivity contribution < 1.29 is 9.53 Å². The van der Waals surface area contributed by atoms with Gasteiger partial charge in [-0.3, -0.25) is 4.79 Å². The van der Waals surface area contributed by atoms with E-state index in [9.17, 15) is 4.79 Å². The number of amides is 1. The molecule has 0 spiro atoms. The van der Waals surface area contributed by atoms with Gasteiger partial charge in [0.25, 0.3) is 0 Å². The van der Waals surface area contributed by atoms with Crippen LogP contribution >= 0.6 is 0 Å². The highest BCUT2D eigenvalue weighted by atomic mass is 16.5. The molecule has 1 amide bonds. The number of nitrogens with two attached hydrogens (primary N) is 1. The molecule has 2 fully saturated rings. The third-order valence-electron chi connectivity index (χ3n) is 4.50. The van der Waals surface area contributed by atoms with Crippen LogP contribution in [-0.4, -0.2) is 31.2 Å². The summed E-state index contributed by atoms with van der Waals surface area (Å²) in [7, 11) is 0. The van der Waals surface area contributed by atoms with Crippen molar-refractivity contribution in [2.45, 2.75) is 43.3 Å². The Bertz CT molecular complexity index is 471. The van der Waals surface area contributed by atoms with Gasteiger partial charge in [-0.1, -0.05) is 30.3 Å². The van der Waals surface area contributed by atoms with E-state index in [4.69, 9.17) is 10.5 Å². The van der Waals surface area contributed by atoms with Crippen LogP contribution in [0.3, 0.4) is 0 Å². The molecule has 108 valence electrons. The summed E-state index contributed by atoms with van der Waals surface area (Å²) in [4.78, 5) is 12.1. The average Bonchev–Trinajstić information content (AvgIpc) is 3.14. The van der Waals surface area contributed by atoms with Crippen LogP contribution < -0.4 is 11.1 Å². The van der Waals surface area contributed by atoms with Crippen LogP contribution in [0.25, 0.3) is 0 Å². The fourth-order valence-corrected chi connectivity index (χ4v) is 2.95. The Labute approximate surface area is 119 Å². The molecule has 1 saturated heterocycles. The first kappa shape index (κ1) is 13.6. The van der Waals surface area contributed by atoms with Gasteiger partial charge in [-0.05, 0) is 31.2 Å². The van der Waals surface area contributed by atoms with Gasteiger partial charge in [-0.15, -0.1) is 0 Å². The molecule has 2 aliphatic rings. The monoisotopic (exact) mass is 274 g/mol. The molecule has 0 unspecified atom stereocenters. The largest absolute Gasteiger partial charge is 0.364 e. The van der Waals surface area contributed by atoms with Crippen molar-refractivity contribution >= 4 is 5.91 Å². The summed E-state index contributed by atoms with van der Waals surface area (Å²) in [5.41, 5.74) is 7.05. The van der Waals surface area contributed by atoms with E-state index < -0.39 is 0 Å². The maximum atomic E-state index is 12.1. The van der Waals surface area contributed by atoms with Gasteiger partial charge < -0.3 is 15.8 Å². The predicted molar refractivity (Wildman–Crippen MR) is 77.3 cm³/mol. The zero-order valence-electron chi connectivity index (χ0n) is 11.7. The molecule has 4 heteroatoms. The molecule has 0 aromatic heterocycles. The van der Waals surface area contributed by atoms with Crippen molar-refractivity contribution in [3.63, 3.8) is 0 Å². The van der Waals surface area contributed by atoms with Crippen molar-refractivity contribution in [3.05, 3.63) is 35.9 Å². The maximum Gasteiger partial charge on any atom is 0.249 e. The lowest BCUT2D eigenvalue weighted by molar-refractivity contribution is -0.131. The van der Waals surface area contributed by atoms with Gasteiger partial charge in [-0.2, -0.15) is 0 Å². The number of rotatable bonds is 5. The predicted octanol–water partition coefficient (Wildman–Crippen LogP) is 1.34. The fourth-order valence-electron chi connectivity index (χ4n) is 2.95. The number of benzene rings is 1. The van der Waals surface area contributed by atoms with E-state index in [1.807, 2.05) is 6.07 Å². The number of carbonyl (C=O) groups is 1. The van der Waals surface area contributed by atoms with E-state index in [2.05, 4.69) is 29.6 Å². The molecule has 1 aromatic rings. The molecule has 1 aliphatic heterocycles. The Hall–Kier alpha value is -1.39. The Kier molecular flexibility index (Phi) is 3.76. The van der Waals surface area contributed by atoms with Gasteiger partial charge in [0.15, 0.2) is 0 Å². The smallest absolute Gasteiger partial charge is 0.249 e. The Balaban J connectivity index is 1.54. The van der Waals surface area contributed by atoms with E-state index in [0.717, 1.165) is 25.7 Å². The number of hydrogen-bond donors (Lipinski definition) is 2. The minimum Gasteiger partial charge on any atom is -0.364 e. The summed E-state index contributed by atoms with van der Waals surface area (Å²) in [5, 5.41) is 3.07. The zero-order chi connectivity index (χ0) is 14.0. The van der Waals surface area contributed by atoms with Crippen LogP contribution in [0.1, 0.15) is 31.2 Å². The van der Waals surface area contributed by atoms with E-state index in [0.29, 0.717) is 13.1 Å². The standard InChI is InChI=1S/C16H22N2O2/c17-10-13-6-7-14(20-13)15(19)18-11-16(8-9-16)12-4-2-1-3-5-12/h1-5,13-14H,6-11,17H2,(H,18,19)/t13-,14+/m1/s1. The lowest BCUT2D eigenvalue weighted by atomic mass is 9.96. The molecule has 3 rings (SSSR count). The first-order valence-corrected chi connectivity index (χ1v) is 7.42. The van der Waals surface area contributed by atoms with Crippen LogP contribution in [-0.2, 0) is 14.9 Å². The SMILES string of the molecule is NC[C@H]1CC[C@@H](C(=O)NCC2(c3ccccc3)CC2)O1. The summed E-state index contributed by atoms with van der Waals surface area (Å²) >= 11 is 0. The Morgan fingerprint density at radius 1 is 1.30 bits per heavy atom. The molecule has 0 radical (unpaired) electrons. The molecule has 2 atom stereocenters. The van der Waals surface area contributed by atoms with E-state index in [1.54, 1.807) is 0 Å². The lowest BCUT2D eigenvalue weighted by Gasteiger charge is -2.18. The first-order chi connectivity index (χ1) is 9.73. The highest BCUT2D eigenvalue weighted by Gasteiger charge is 2.44. The van der Waals surface area contributed by atoms with Gasteiger partial charge in [0.1, 0.15) is 6.10 Å². The van der Waals surface area contributed by atoms with Crippen molar-refractivity contribution in [2.24, 2.45) is 5.73 Å². The van der Waals surface area contributed by atoms with Crippen LogP contribution in [0.15, 0.2) is 30.3 Å². The molecule has 1 saturated carbocycles. The van der Waals surface area contributed by atoms with E-state index >= 15 is 0 Å². The number of nitrogens with one attached hydrogen (secondary N) is 1. The number of carbonyl (C=O) groups excluding carboxylic acids is 1. The zero-order valence-corrected chi connectivity index (χ0v) is 11.7. The van der Waals surface area contributed by atoms with E-state index in [1.165, 1.54) is 5.56 Å². The summed E-state index contributed by atoms with van der Waals surface area (Å²) in [6.07, 6.45) is 3.71. The summed E-state index contributed by atoms with van der Waals surface area (Å²) in [6.45, 7) is 1.21. The maximum absolute atomic E-state index is 12.1. The molecular formula is C16H22N2O2. The fraction of sp³-hybridized carbons (Fsp3) is 0.562. The van der Waals surface area contributed by atoms with Crippen LogP contribution in [0.4, 0.5) is 0 Å². The molecule has 1 aliphatic carbocycles. The summed E-state index contributed by atoms with van der Waals surface area (Å²) < 4.78 is 5.63. The first-order valence-electron chi connectivity index (χ1n) is 7.42. The van der Waals surface area contributed by atoms with Crippen molar-refractivity contribution in [2.75, 3.05) is 13.1 Å². The minimum absolute atomic E-state index is 0.0168. The second-order valence-corrected chi connectivity index (χ2v) is 5.92. The van der Waals surface area contributed by atoms with Crippen molar-refractivity contribution in [1.82, 2.24) is 5.32 Å². The molecule has 20 heavy (non-hydrogen) atoms. The molecule has 1 aromatic carbocycles. The molecule has 3 N–H and O–H groups in total. The van der Waals surface area contributed by atoms with Crippen LogP contribution in [0, 0.1) is 0 Å². The highest BCUT2D eigenvalue weighted by Crippen LogP contribution is 2.47. The quantitative estimate of drug-likeness (QED) is 0.851. The van der Waals surface area contributed by atoms with Gasteiger partial charge in [-0.25, -0.2) is 0 Å². The molecule has 0 bridgehead atoms. The third-order valence-corrected chi connectivity index (χ3v) is 4.50. The van der Waals surface area contributed by atoms with Crippen LogP contribution in [0.2, 0.25) is 0 Å². The van der Waals surface area contributed by atoms with Gasteiger partial charge in [0.2, 0.25) is 5.91 Å². The number of hydrogen-bond acceptors (Lipinski definition) is 3. The lowest BCUT2D eigenvalue weighted by Crippen LogP contribution is -2.39. The van der Waals surface area contributed by atoms with E-state index in [-0.39, 0.29) is 23.5 Å². The van der Waals surface area contributed by atoms with Gasteiger partial charge >= 0.3 is 0 Å². The van der Waals surface area contributed by atoms with Gasteiger partial charge in [0, 0.05) is 18.5 Å². The summed E-state index contributed by atoms with van der Waals surface area (Å²) in [5.74, 6) is 0.0168. The normalized spacial score (nSPS) is 27.2. The highest BCUT2D eigenvalue weighted by molar-refractivity contribution is 5.81. The van der Waals surface area contributed by atoms with Crippen molar-refractivity contribution in [1.29, 1.82) is 0 Å². The topological polar surface area (TPSA) is 64.4 Å². The van der Waals surface area contributed by atoms with Crippen molar-refractivity contribution in [3.8, 4) is 0 Å². The Morgan fingerprint density at radius 2 is 2.05 bits per heavy atom. The van der Waals surface area contributed by atoms with Gasteiger partial charge in [0.05, 0.1) is 6.10 Å². The van der Waals surface area contributed by atoms with Crippen LogP contribution in [0.5, 0.6) is 0 Å². The second-order valence-electron chi connectivity index (χ2n) is 5.92. The molecule has 1 heterocycles. The second kappa shape index (κ2) is 5.54. The Morgan fingerprint density at radius 3 is 2.65 bits per heavy atom. The molecule has 4 nitrogen and oxygen atoms in total. The average molecular weight is 274 g/mol. The molecular weight excluding hydrogens is 252 g/mol. The number of ether oxygens (including phenoxy) is 1. The minimum atomic E-state index is -0.310. The third kappa shape index (κ3) is 2.72.